The first-order valence-electron chi connectivity index (χ1n) is 7.23. The fraction of sp³-hybridized carbons (Fsp3) is 0.118. The maximum Gasteiger partial charge on any atom is 0.263 e. The normalized spacial score (nSPS) is 10.5. The summed E-state index contributed by atoms with van der Waals surface area (Å²) in [6.07, 6.45) is 0. The average Bonchev–Trinajstić information content (AvgIpc) is 3.22. The maximum atomic E-state index is 12.4. The second-order valence-electron chi connectivity index (χ2n) is 5.16. The van der Waals surface area contributed by atoms with E-state index in [4.69, 9.17) is 5.73 Å². The summed E-state index contributed by atoms with van der Waals surface area (Å²) in [6.45, 7) is 2.15. The van der Waals surface area contributed by atoms with E-state index in [1.807, 2.05) is 30.5 Å². The first-order valence-corrected chi connectivity index (χ1v) is 8.92. The van der Waals surface area contributed by atoms with Gasteiger partial charge < -0.3 is 11.1 Å². The maximum absolute atomic E-state index is 12.4. The number of primary amides is 1. The lowest BCUT2D eigenvalue weighted by molar-refractivity contribution is 0.0953. The molecular weight excluding hydrogens is 342 g/mol. The number of carbonyl (C=O) groups excluding carboxylic acids is 2. The van der Waals surface area contributed by atoms with Crippen molar-refractivity contribution in [1.82, 2.24) is 10.3 Å². The van der Waals surface area contributed by atoms with Crippen molar-refractivity contribution in [2.24, 2.45) is 5.73 Å². The number of nitrogens with one attached hydrogen (secondary N) is 1. The van der Waals surface area contributed by atoms with Crippen LogP contribution in [0.5, 0.6) is 0 Å². The predicted octanol–water partition coefficient (Wildman–Crippen LogP) is 3.21. The number of benzene rings is 1. The molecule has 2 heterocycles. The van der Waals surface area contributed by atoms with Gasteiger partial charge in [-0.15, -0.1) is 22.7 Å². The van der Waals surface area contributed by atoms with Gasteiger partial charge in [0.15, 0.2) is 0 Å². The van der Waals surface area contributed by atoms with Crippen LogP contribution in [0.3, 0.4) is 0 Å². The average molecular weight is 357 g/mol. The van der Waals surface area contributed by atoms with Crippen molar-refractivity contribution in [2.75, 3.05) is 0 Å². The summed E-state index contributed by atoms with van der Waals surface area (Å²) in [5, 5.41) is 5.70. The van der Waals surface area contributed by atoms with Gasteiger partial charge in [-0.3, -0.25) is 9.59 Å². The number of amides is 2. The number of nitrogens with two attached hydrogens (primary N) is 1. The topological polar surface area (TPSA) is 85.1 Å². The first-order chi connectivity index (χ1) is 11.5. The molecule has 2 amide bonds. The van der Waals surface area contributed by atoms with Crippen LogP contribution in [0.15, 0.2) is 41.8 Å². The standard InChI is InChI=1S/C17H15N3O2S2/c1-10-14(24-17(20-10)13-6-3-7-23-13)16(22)19-9-11-4-2-5-12(8-11)15(18)21/h2-8H,9H2,1H3,(H2,18,21)(H,19,22). The van der Waals surface area contributed by atoms with E-state index in [2.05, 4.69) is 10.3 Å². The molecule has 0 aliphatic carbocycles. The Hall–Kier alpha value is -2.51. The zero-order valence-electron chi connectivity index (χ0n) is 12.9. The second-order valence-corrected chi connectivity index (χ2v) is 7.10. The van der Waals surface area contributed by atoms with Crippen LogP contribution in [0.2, 0.25) is 0 Å². The Morgan fingerprint density at radius 2 is 2.08 bits per heavy atom. The van der Waals surface area contributed by atoms with Gasteiger partial charge in [0.1, 0.15) is 9.88 Å². The molecule has 3 rings (SSSR count). The molecule has 0 atom stereocenters. The molecule has 0 unspecified atom stereocenters. The molecule has 0 saturated heterocycles. The van der Waals surface area contributed by atoms with E-state index in [0.717, 1.165) is 15.4 Å². The van der Waals surface area contributed by atoms with Crippen molar-refractivity contribution in [3.8, 4) is 9.88 Å². The molecule has 0 aliphatic rings. The Kier molecular flexibility index (Phi) is 4.73. The largest absolute Gasteiger partial charge is 0.366 e. The monoisotopic (exact) mass is 357 g/mol. The Bertz CT molecular complexity index is 885. The highest BCUT2D eigenvalue weighted by atomic mass is 32.1. The van der Waals surface area contributed by atoms with Crippen LogP contribution in [0.25, 0.3) is 9.88 Å². The minimum absolute atomic E-state index is 0.169. The molecule has 2 aromatic heterocycles. The summed E-state index contributed by atoms with van der Waals surface area (Å²) in [6, 6.07) is 10.9. The third-order valence-corrected chi connectivity index (χ3v) is 5.59. The summed E-state index contributed by atoms with van der Waals surface area (Å²) in [7, 11) is 0. The summed E-state index contributed by atoms with van der Waals surface area (Å²) in [4.78, 5) is 29.7. The molecule has 24 heavy (non-hydrogen) atoms. The second kappa shape index (κ2) is 6.94. The molecule has 0 saturated carbocycles. The van der Waals surface area contributed by atoms with E-state index in [0.29, 0.717) is 22.7 Å². The third-order valence-electron chi connectivity index (χ3n) is 3.40. The number of rotatable bonds is 5. The number of hydrogen-bond donors (Lipinski definition) is 2. The van der Waals surface area contributed by atoms with Gasteiger partial charge in [0, 0.05) is 12.1 Å². The van der Waals surface area contributed by atoms with E-state index in [9.17, 15) is 9.59 Å². The lowest BCUT2D eigenvalue weighted by Crippen LogP contribution is -2.23. The highest BCUT2D eigenvalue weighted by Crippen LogP contribution is 2.30. The van der Waals surface area contributed by atoms with E-state index in [1.54, 1.807) is 29.5 Å². The molecule has 3 aromatic rings. The van der Waals surface area contributed by atoms with Crippen LogP contribution in [-0.4, -0.2) is 16.8 Å². The minimum atomic E-state index is -0.484. The van der Waals surface area contributed by atoms with Crippen molar-refractivity contribution in [3.05, 3.63) is 63.5 Å². The zero-order valence-corrected chi connectivity index (χ0v) is 14.5. The molecule has 0 aliphatic heterocycles. The Labute approximate surface area is 147 Å². The molecular formula is C17H15N3O2S2. The first kappa shape index (κ1) is 16.4. The van der Waals surface area contributed by atoms with Gasteiger partial charge in [-0.2, -0.15) is 0 Å². The van der Waals surface area contributed by atoms with Crippen LogP contribution in [0.1, 0.15) is 31.3 Å². The molecule has 0 bridgehead atoms. The molecule has 0 radical (unpaired) electrons. The number of carbonyl (C=O) groups is 2. The van der Waals surface area contributed by atoms with Gasteiger partial charge in [-0.05, 0) is 36.1 Å². The van der Waals surface area contributed by atoms with Gasteiger partial charge in [-0.25, -0.2) is 4.98 Å². The smallest absolute Gasteiger partial charge is 0.263 e. The SMILES string of the molecule is Cc1nc(-c2cccs2)sc1C(=O)NCc1cccc(C(N)=O)c1. The number of aryl methyl sites for hydroxylation is 1. The van der Waals surface area contributed by atoms with Gasteiger partial charge in [-0.1, -0.05) is 18.2 Å². The van der Waals surface area contributed by atoms with E-state index in [-0.39, 0.29) is 5.91 Å². The summed E-state index contributed by atoms with van der Waals surface area (Å²) in [5.41, 5.74) is 7.23. The Morgan fingerprint density at radius 3 is 2.79 bits per heavy atom. The fourth-order valence-corrected chi connectivity index (χ4v) is 3.99. The predicted molar refractivity (Wildman–Crippen MR) is 96.3 cm³/mol. The number of nitrogens with zero attached hydrogens (tertiary/aromatic N) is 1. The van der Waals surface area contributed by atoms with Crippen molar-refractivity contribution < 1.29 is 9.59 Å². The van der Waals surface area contributed by atoms with Gasteiger partial charge >= 0.3 is 0 Å². The van der Waals surface area contributed by atoms with Crippen LogP contribution >= 0.6 is 22.7 Å². The summed E-state index contributed by atoms with van der Waals surface area (Å²) < 4.78 is 0. The summed E-state index contributed by atoms with van der Waals surface area (Å²) in [5.74, 6) is -0.653. The third kappa shape index (κ3) is 3.52. The van der Waals surface area contributed by atoms with Gasteiger partial charge in [0.05, 0.1) is 10.6 Å². The molecule has 7 heteroatoms. The van der Waals surface area contributed by atoms with Crippen LogP contribution < -0.4 is 11.1 Å². The van der Waals surface area contributed by atoms with Crippen LogP contribution in [0, 0.1) is 6.92 Å². The van der Waals surface area contributed by atoms with Crippen LogP contribution in [-0.2, 0) is 6.54 Å². The van der Waals surface area contributed by atoms with E-state index >= 15 is 0 Å². The number of thiophene rings is 1. The molecule has 0 spiro atoms. The highest BCUT2D eigenvalue weighted by molar-refractivity contribution is 7.22. The van der Waals surface area contributed by atoms with Crippen molar-refractivity contribution in [3.63, 3.8) is 0 Å². The highest BCUT2D eigenvalue weighted by Gasteiger charge is 2.16. The lowest BCUT2D eigenvalue weighted by Gasteiger charge is -2.05. The molecule has 0 fully saturated rings. The fourth-order valence-electron chi connectivity index (χ4n) is 2.21. The van der Waals surface area contributed by atoms with Crippen molar-refractivity contribution in [2.45, 2.75) is 13.5 Å². The van der Waals surface area contributed by atoms with Gasteiger partial charge in [0.2, 0.25) is 5.91 Å². The van der Waals surface area contributed by atoms with E-state index < -0.39 is 5.91 Å². The summed E-state index contributed by atoms with van der Waals surface area (Å²) >= 11 is 2.98. The molecule has 5 nitrogen and oxygen atoms in total. The molecule has 3 N–H and O–H groups in total. The van der Waals surface area contributed by atoms with Crippen molar-refractivity contribution >= 4 is 34.5 Å². The number of aromatic nitrogens is 1. The Morgan fingerprint density at radius 1 is 1.25 bits per heavy atom. The number of thiazole rings is 1. The molecule has 122 valence electrons. The lowest BCUT2D eigenvalue weighted by atomic mass is 10.1. The quantitative estimate of drug-likeness (QED) is 0.735. The minimum Gasteiger partial charge on any atom is -0.366 e. The number of hydrogen-bond acceptors (Lipinski definition) is 5. The molecule has 1 aromatic carbocycles. The van der Waals surface area contributed by atoms with Gasteiger partial charge in [0.25, 0.3) is 5.91 Å². The van der Waals surface area contributed by atoms with E-state index in [1.165, 1.54) is 11.3 Å². The van der Waals surface area contributed by atoms with Crippen molar-refractivity contribution in [1.29, 1.82) is 0 Å². The van der Waals surface area contributed by atoms with Crippen LogP contribution in [0.4, 0.5) is 0 Å². The zero-order chi connectivity index (χ0) is 17.1. The Balaban J connectivity index is 1.72.